The Morgan fingerprint density at radius 2 is 2.37 bits per heavy atom. The topological polar surface area (TPSA) is 50.4 Å². The smallest absolute Gasteiger partial charge is 0.250 e. The van der Waals surface area contributed by atoms with Gasteiger partial charge in [0.05, 0.1) is 6.61 Å². The van der Waals surface area contributed by atoms with Crippen LogP contribution >= 0.6 is 28.3 Å². The molecule has 0 spiro atoms. The Morgan fingerprint density at radius 3 is 3.05 bits per heavy atom. The molecule has 0 saturated carbocycles. The number of nitrogens with one attached hydrogen (secondary N) is 2. The minimum atomic E-state index is -0.467. The van der Waals surface area contributed by atoms with Gasteiger partial charge in [0, 0.05) is 24.1 Å². The van der Waals surface area contributed by atoms with Crippen molar-refractivity contribution in [1.82, 2.24) is 10.6 Å². The minimum Gasteiger partial charge on any atom is -0.366 e. The molecule has 1 unspecified atom stereocenters. The number of halogens is 3. The van der Waals surface area contributed by atoms with Crippen molar-refractivity contribution in [2.24, 2.45) is 0 Å². The summed E-state index contributed by atoms with van der Waals surface area (Å²) < 4.78 is 19.2. The number of morpholine rings is 1. The van der Waals surface area contributed by atoms with Crippen LogP contribution in [0.4, 0.5) is 4.39 Å². The molecule has 106 valence electrons. The Morgan fingerprint density at radius 1 is 1.58 bits per heavy atom. The molecular weight excluding hydrogens is 338 g/mol. The molecule has 2 rings (SSSR count). The summed E-state index contributed by atoms with van der Waals surface area (Å²) in [6, 6.07) is 4.38. The second kappa shape index (κ2) is 7.79. The summed E-state index contributed by atoms with van der Waals surface area (Å²) in [5, 5.41) is 5.82. The number of benzene rings is 1. The van der Waals surface area contributed by atoms with Crippen LogP contribution in [0.5, 0.6) is 0 Å². The van der Waals surface area contributed by atoms with E-state index in [1.807, 2.05) is 0 Å². The first-order valence-electron chi connectivity index (χ1n) is 5.71. The second-order valence-corrected chi connectivity index (χ2v) is 4.87. The van der Waals surface area contributed by atoms with Gasteiger partial charge in [0.2, 0.25) is 0 Å². The first kappa shape index (κ1) is 16.4. The Hall–Kier alpha value is -0.690. The van der Waals surface area contributed by atoms with Gasteiger partial charge in [-0.3, -0.25) is 4.79 Å². The molecule has 19 heavy (non-hydrogen) atoms. The normalized spacial score (nSPS) is 18.5. The molecular formula is C12H15BrClFN2O2. The van der Waals surface area contributed by atoms with E-state index in [0.717, 1.165) is 11.0 Å². The lowest BCUT2D eigenvalue weighted by Crippen LogP contribution is -2.47. The third-order valence-corrected chi connectivity index (χ3v) is 3.45. The molecule has 0 radical (unpaired) electrons. The first-order valence-corrected chi connectivity index (χ1v) is 6.50. The highest BCUT2D eigenvalue weighted by molar-refractivity contribution is 9.10. The highest BCUT2D eigenvalue weighted by Gasteiger charge is 2.21. The van der Waals surface area contributed by atoms with Crippen LogP contribution in [0, 0.1) is 5.82 Å². The van der Waals surface area contributed by atoms with Crippen LogP contribution in [0.1, 0.15) is 5.56 Å². The number of amides is 1. The van der Waals surface area contributed by atoms with Crippen LogP contribution in [0.25, 0.3) is 0 Å². The predicted molar refractivity (Wildman–Crippen MR) is 75.8 cm³/mol. The molecule has 7 heteroatoms. The van der Waals surface area contributed by atoms with Crippen molar-refractivity contribution in [3.05, 3.63) is 34.1 Å². The van der Waals surface area contributed by atoms with E-state index >= 15 is 0 Å². The number of ether oxygens (including phenoxy) is 1. The van der Waals surface area contributed by atoms with Crippen LogP contribution in [0.15, 0.2) is 22.7 Å². The number of hydrogen-bond acceptors (Lipinski definition) is 3. The zero-order valence-corrected chi connectivity index (χ0v) is 12.5. The standard InChI is InChI=1S/C12H14BrFN2O2.ClH/c13-10-2-1-9(14)5-8(10)6-16-12(17)11-7-15-3-4-18-11;/h1-2,5,11,15H,3-4,6-7H2,(H,16,17);1H. The first-order chi connectivity index (χ1) is 8.66. The molecule has 2 N–H and O–H groups in total. The van der Waals surface area contributed by atoms with Gasteiger partial charge in [0.25, 0.3) is 5.91 Å². The molecule has 1 fully saturated rings. The summed E-state index contributed by atoms with van der Waals surface area (Å²) >= 11 is 3.32. The maximum Gasteiger partial charge on any atom is 0.250 e. The van der Waals surface area contributed by atoms with Crippen LogP contribution in [-0.4, -0.2) is 31.7 Å². The molecule has 1 amide bonds. The van der Waals surface area contributed by atoms with Gasteiger partial charge in [-0.1, -0.05) is 15.9 Å². The van der Waals surface area contributed by atoms with Gasteiger partial charge in [-0.25, -0.2) is 4.39 Å². The van der Waals surface area contributed by atoms with Crippen molar-refractivity contribution in [3.8, 4) is 0 Å². The van der Waals surface area contributed by atoms with Crippen molar-refractivity contribution < 1.29 is 13.9 Å². The molecule has 1 atom stereocenters. The van der Waals surface area contributed by atoms with E-state index in [4.69, 9.17) is 4.74 Å². The van der Waals surface area contributed by atoms with Crippen LogP contribution in [0.3, 0.4) is 0 Å². The molecule has 4 nitrogen and oxygen atoms in total. The number of carbonyl (C=O) groups is 1. The summed E-state index contributed by atoms with van der Waals surface area (Å²) in [6.07, 6.45) is -0.467. The Kier molecular flexibility index (Phi) is 6.71. The highest BCUT2D eigenvalue weighted by atomic mass is 79.9. The average molecular weight is 354 g/mol. The summed E-state index contributed by atoms with van der Waals surface area (Å²) in [7, 11) is 0. The molecule has 1 aromatic rings. The fourth-order valence-corrected chi connectivity index (χ4v) is 2.10. The summed E-state index contributed by atoms with van der Waals surface area (Å²) in [5.41, 5.74) is 0.701. The van der Waals surface area contributed by atoms with E-state index in [-0.39, 0.29) is 30.7 Å². The lowest BCUT2D eigenvalue weighted by Gasteiger charge is -2.22. The molecule has 1 aromatic carbocycles. The van der Waals surface area contributed by atoms with Crippen molar-refractivity contribution in [1.29, 1.82) is 0 Å². The molecule has 1 aliphatic rings. The molecule has 1 saturated heterocycles. The summed E-state index contributed by atoms with van der Waals surface area (Å²) in [6.45, 7) is 2.08. The van der Waals surface area contributed by atoms with Gasteiger partial charge in [-0.05, 0) is 23.8 Å². The van der Waals surface area contributed by atoms with E-state index < -0.39 is 6.10 Å². The Balaban J connectivity index is 0.00000180. The average Bonchev–Trinajstić information content (AvgIpc) is 2.40. The third kappa shape index (κ3) is 4.72. The van der Waals surface area contributed by atoms with Gasteiger partial charge in [0.1, 0.15) is 11.9 Å². The van der Waals surface area contributed by atoms with Crippen LogP contribution in [-0.2, 0) is 16.1 Å². The van der Waals surface area contributed by atoms with Crippen molar-refractivity contribution >= 4 is 34.2 Å². The largest absolute Gasteiger partial charge is 0.366 e. The van der Waals surface area contributed by atoms with E-state index in [1.165, 1.54) is 12.1 Å². The maximum atomic E-state index is 13.1. The highest BCUT2D eigenvalue weighted by Crippen LogP contribution is 2.17. The van der Waals surface area contributed by atoms with E-state index in [1.54, 1.807) is 6.07 Å². The molecule has 0 aromatic heterocycles. The third-order valence-electron chi connectivity index (χ3n) is 2.68. The number of hydrogen-bond donors (Lipinski definition) is 2. The Bertz CT molecular complexity index is 442. The fourth-order valence-electron chi connectivity index (χ4n) is 1.71. The lowest BCUT2D eigenvalue weighted by atomic mass is 10.2. The van der Waals surface area contributed by atoms with Gasteiger partial charge in [0.15, 0.2) is 0 Å². The van der Waals surface area contributed by atoms with E-state index in [0.29, 0.717) is 18.7 Å². The van der Waals surface area contributed by atoms with Gasteiger partial charge >= 0.3 is 0 Å². The summed E-state index contributed by atoms with van der Waals surface area (Å²) in [4.78, 5) is 11.8. The molecule has 0 bridgehead atoms. The zero-order chi connectivity index (χ0) is 13.0. The number of rotatable bonds is 3. The summed E-state index contributed by atoms with van der Waals surface area (Å²) in [5.74, 6) is -0.503. The zero-order valence-electron chi connectivity index (χ0n) is 10.1. The lowest BCUT2D eigenvalue weighted by molar-refractivity contribution is -0.134. The SMILES string of the molecule is Cl.O=C(NCc1cc(F)ccc1Br)C1CNCCO1. The maximum absolute atomic E-state index is 13.1. The van der Waals surface area contributed by atoms with Gasteiger partial charge in [-0.2, -0.15) is 0 Å². The van der Waals surface area contributed by atoms with E-state index in [9.17, 15) is 9.18 Å². The quantitative estimate of drug-likeness (QED) is 0.868. The molecule has 1 aliphatic heterocycles. The second-order valence-electron chi connectivity index (χ2n) is 4.02. The molecule has 0 aliphatic carbocycles. The van der Waals surface area contributed by atoms with Crippen molar-refractivity contribution in [2.45, 2.75) is 12.6 Å². The van der Waals surface area contributed by atoms with Crippen molar-refractivity contribution in [2.75, 3.05) is 19.7 Å². The van der Waals surface area contributed by atoms with Crippen LogP contribution < -0.4 is 10.6 Å². The monoisotopic (exact) mass is 352 g/mol. The van der Waals surface area contributed by atoms with Gasteiger partial charge < -0.3 is 15.4 Å². The van der Waals surface area contributed by atoms with Crippen LogP contribution in [0.2, 0.25) is 0 Å². The van der Waals surface area contributed by atoms with E-state index in [2.05, 4.69) is 26.6 Å². The Labute approximate surface area is 125 Å². The fraction of sp³-hybridized carbons (Fsp3) is 0.417. The minimum absolute atomic E-state index is 0. The van der Waals surface area contributed by atoms with Gasteiger partial charge in [-0.15, -0.1) is 12.4 Å². The van der Waals surface area contributed by atoms with Crippen molar-refractivity contribution in [3.63, 3.8) is 0 Å². The molecule has 1 heterocycles. The predicted octanol–water partition coefficient (Wildman–Crippen LogP) is 1.61. The number of carbonyl (C=O) groups excluding carboxylic acids is 1.